The lowest BCUT2D eigenvalue weighted by atomic mass is 10.2. The van der Waals surface area contributed by atoms with Crippen molar-refractivity contribution in [2.75, 3.05) is 0 Å². The first-order valence-corrected chi connectivity index (χ1v) is 5.58. The highest BCUT2D eigenvalue weighted by atomic mass is 35.5. The lowest BCUT2D eigenvalue weighted by Crippen LogP contribution is -1.99. The van der Waals surface area contributed by atoms with Crippen LogP contribution in [0.3, 0.4) is 0 Å². The molecular weight excluding hydrogens is 259 g/mol. The first-order valence-electron chi connectivity index (χ1n) is 4.39. The fourth-order valence-electron chi connectivity index (χ4n) is 1.54. The van der Waals surface area contributed by atoms with Crippen LogP contribution in [0, 0.1) is 0 Å². The van der Waals surface area contributed by atoms with Crippen molar-refractivity contribution >= 4 is 34.3 Å². The minimum absolute atomic E-state index is 0.0623. The van der Waals surface area contributed by atoms with Gasteiger partial charge < -0.3 is 4.57 Å². The molecule has 0 spiro atoms. The van der Waals surface area contributed by atoms with E-state index < -0.39 is 5.51 Å². The molecule has 86 valence electrons. The Hall–Kier alpha value is -0.810. The average Bonchev–Trinajstić information content (AvgIpc) is 2.43. The fraction of sp³-hybridized carbons (Fsp3) is 0.200. The third kappa shape index (κ3) is 2.01. The summed E-state index contributed by atoms with van der Waals surface area (Å²) in [5, 5.41) is 0.640. The van der Waals surface area contributed by atoms with Gasteiger partial charge in [-0.3, -0.25) is 0 Å². The Bertz CT molecular complexity index is 533. The van der Waals surface area contributed by atoms with E-state index in [1.165, 1.54) is 0 Å². The summed E-state index contributed by atoms with van der Waals surface area (Å²) in [5.74, 6) is 0. The van der Waals surface area contributed by atoms with Gasteiger partial charge in [0, 0.05) is 12.4 Å². The SMILES string of the molecule is Cn1c(Cl)c(SC(F)(F)F)c2ccccc21. The van der Waals surface area contributed by atoms with Crippen LogP contribution in [0.2, 0.25) is 5.15 Å². The predicted octanol–water partition coefficient (Wildman–Crippen LogP) is 4.44. The number of halogens is 4. The van der Waals surface area contributed by atoms with Crippen molar-refractivity contribution < 1.29 is 13.2 Å². The Labute approximate surface area is 99.2 Å². The van der Waals surface area contributed by atoms with Gasteiger partial charge in [0.2, 0.25) is 0 Å². The number of hydrogen-bond donors (Lipinski definition) is 0. The third-order valence-electron chi connectivity index (χ3n) is 2.21. The van der Waals surface area contributed by atoms with Crippen LogP contribution in [-0.4, -0.2) is 10.1 Å². The van der Waals surface area contributed by atoms with Crippen molar-refractivity contribution in [2.24, 2.45) is 7.05 Å². The molecule has 1 nitrogen and oxygen atoms in total. The smallest absolute Gasteiger partial charge is 0.334 e. The van der Waals surface area contributed by atoms with Gasteiger partial charge in [0.1, 0.15) is 5.15 Å². The van der Waals surface area contributed by atoms with Crippen LogP contribution in [0.25, 0.3) is 10.9 Å². The summed E-state index contributed by atoms with van der Waals surface area (Å²) in [6.07, 6.45) is 0. The highest BCUT2D eigenvalue weighted by Crippen LogP contribution is 2.44. The van der Waals surface area contributed by atoms with E-state index in [1.807, 2.05) is 0 Å². The summed E-state index contributed by atoms with van der Waals surface area (Å²) >= 11 is 5.71. The molecule has 0 N–H and O–H groups in total. The number of rotatable bonds is 1. The molecule has 0 aliphatic heterocycles. The Morgan fingerprint density at radius 3 is 2.50 bits per heavy atom. The molecule has 0 fully saturated rings. The largest absolute Gasteiger partial charge is 0.446 e. The molecule has 0 aliphatic carbocycles. The fourth-order valence-corrected chi connectivity index (χ4v) is 2.58. The molecule has 0 bridgehead atoms. The molecule has 1 aromatic carbocycles. The summed E-state index contributed by atoms with van der Waals surface area (Å²) in [6.45, 7) is 0. The molecule has 16 heavy (non-hydrogen) atoms. The van der Waals surface area contributed by atoms with Gasteiger partial charge >= 0.3 is 5.51 Å². The molecule has 0 unspecified atom stereocenters. The number of para-hydroxylation sites is 1. The van der Waals surface area contributed by atoms with E-state index >= 15 is 0 Å². The maximum absolute atomic E-state index is 12.4. The zero-order valence-corrected chi connectivity index (χ0v) is 9.75. The lowest BCUT2D eigenvalue weighted by molar-refractivity contribution is -0.0327. The van der Waals surface area contributed by atoms with Crippen LogP contribution in [0.5, 0.6) is 0 Å². The molecule has 0 atom stereocenters. The monoisotopic (exact) mass is 265 g/mol. The summed E-state index contributed by atoms with van der Waals surface area (Å²) < 4.78 is 38.6. The van der Waals surface area contributed by atoms with Gasteiger partial charge in [-0.1, -0.05) is 29.8 Å². The van der Waals surface area contributed by atoms with Gasteiger partial charge in [-0.2, -0.15) is 13.2 Å². The van der Waals surface area contributed by atoms with Crippen molar-refractivity contribution in [3.63, 3.8) is 0 Å². The van der Waals surface area contributed by atoms with Crippen molar-refractivity contribution in [1.82, 2.24) is 4.57 Å². The van der Waals surface area contributed by atoms with Gasteiger partial charge in [0.05, 0.1) is 10.4 Å². The second-order valence-electron chi connectivity index (χ2n) is 3.24. The van der Waals surface area contributed by atoms with Crippen molar-refractivity contribution in [3.8, 4) is 0 Å². The second-order valence-corrected chi connectivity index (χ2v) is 4.68. The molecule has 0 saturated carbocycles. The van der Waals surface area contributed by atoms with E-state index in [9.17, 15) is 13.2 Å². The summed E-state index contributed by atoms with van der Waals surface area (Å²) in [4.78, 5) is 0.0623. The summed E-state index contributed by atoms with van der Waals surface area (Å²) in [7, 11) is 1.64. The predicted molar refractivity (Wildman–Crippen MR) is 59.8 cm³/mol. The van der Waals surface area contributed by atoms with Gasteiger partial charge in [-0.05, 0) is 17.8 Å². The van der Waals surface area contributed by atoms with Gasteiger partial charge in [0.15, 0.2) is 0 Å². The van der Waals surface area contributed by atoms with Crippen molar-refractivity contribution in [3.05, 3.63) is 29.4 Å². The maximum Gasteiger partial charge on any atom is 0.446 e. The molecule has 1 aromatic heterocycles. The summed E-state index contributed by atoms with van der Waals surface area (Å²) in [5.41, 5.74) is -3.63. The molecule has 6 heteroatoms. The lowest BCUT2D eigenvalue weighted by Gasteiger charge is -2.04. The van der Waals surface area contributed by atoms with Gasteiger partial charge in [-0.25, -0.2) is 0 Å². The van der Waals surface area contributed by atoms with Crippen LogP contribution in [0.4, 0.5) is 13.2 Å². The maximum atomic E-state index is 12.4. The van der Waals surface area contributed by atoms with Gasteiger partial charge in [0.25, 0.3) is 0 Å². The van der Waals surface area contributed by atoms with Crippen LogP contribution < -0.4 is 0 Å². The normalized spacial score (nSPS) is 12.3. The number of nitrogens with zero attached hydrogens (tertiary/aromatic N) is 1. The topological polar surface area (TPSA) is 4.93 Å². The number of thioether (sulfide) groups is 1. The zero-order valence-electron chi connectivity index (χ0n) is 8.18. The van der Waals surface area contributed by atoms with E-state index in [2.05, 4.69) is 0 Å². The van der Waals surface area contributed by atoms with Crippen LogP contribution in [0.1, 0.15) is 0 Å². The Morgan fingerprint density at radius 1 is 1.25 bits per heavy atom. The molecule has 0 aliphatic rings. The van der Waals surface area contributed by atoms with Gasteiger partial charge in [-0.15, -0.1) is 0 Å². The number of fused-ring (bicyclic) bond motifs is 1. The molecule has 0 saturated heterocycles. The van der Waals surface area contributed by atoms with Crippen LogP contribution >= 0.6 is 23.4 Å². The van der Waals surface area contributed by atoms with E-state index in [4.69, 9.17) is 11.6 Å². The second kappa shape index (κ2) is 3.89. The Morgan fingerprint density at radius 2 is 1.88 bits per heavy atom. The molecule has 0 amide bonds. The summed E-state index contributed by atoms with van der Waals surface area (Å²) in [6, 6.07) is 6.83. The molecular formula is C10H7ClF3NS. The first-order chi connectivity index (χ1) is 7.40. The zero-order chi connectivity index (χ0) is 11.9. The number of hydrogen-bond acceptors (Lipinski definition) is 1. The highest BCUT2D eigenvalue weighted by Gasteiger charge is 2.32. The number of aromatic nitrogens is 1. The van der Waals surface area contributed by atoms with Crippen molar-refractivity contribution in [2.45, 2.75) is 10.4 Å². The molecule has 1 heterocycles. The minimum atomic E-state index is -4.33. The van der Waals surface area contributed by atoms with Crippen LogP contribution in [-0.2, 0) is 7.05 Å². The number of benzene rings is 1. The Balaban J connectivity index is 2.64. The molecule has 2 rings (SSSR count). The standard InChI is InChI=1S/C10H7ClF3NS/c1-15-7-5-3-2-4-6(7)8(9(15)11)16-10(12,13)14/h2-5H,1H3. The van der Waals surface area contributed by atoms with Crippen LogP contribution in [0.15, 0.2) is 29.2 Å². The highest BCUT2D eigenvalue weighted by molar-refractivity contribution is 8.00. The quantitative estimate of drug-likeness (QED) is 0.690. The molecule has 0 radical (unpaired) electrons. The number of aryl methyl sites for hydroxylation is 1. The average molecular weight is 266 g/mol. The minimum Gasteiger partial charge on any atom is -0.334 e. The number of alkyl halides is 3. The van der Waals surface area contributed by atoms with E-state index in [-0.39, 0.29) is 21.8 Å². The van der Waals surface area contributed by atoms with E-state index in [0.717, 1.165) is 0 Å². The Kier molecular flexibility index (Phi) is 2.84. The third-order valence-corrected chi connectivity index (χ3v) is 3.61. The van der Waals surface area contributed by atoms with E-state index in [0.29, 0.717) is 10.9 Å². The molecule has 2 aromatic rings. The first kappa shape index (κ1) is 11.7. The van der Waals surface area contributed by atoms with Crippen molar-refractivity contribution in [1.29, 1.82) is 0 Å². The van der Waals surface area contributed by atoms with E-state index in [1.54, 1.807) is 35.9 Å².